The Kier molecular flexibility index (Phi) is 10.1. The molecule has 2 aromatic carbocycles. The van der Waals surface area contributed by atoms with Gasteiger partial charge in [-0.3, -0.25) is 9.59 Å². The summed E-state index contributed by atoms with van der Waals surface area (Å²) in [4.78, 5) is 32.7. The fraction of sp³-hybridized carbons (Fsp3) is 0.517. The average Bonchev–Trinajstić information content (AvgIpc) is 3.41. The van der Waals surface area contributed by atoms with E-state index in [0.29, 0.717) is 23.2 Å². The van der Waals surface area contributed by atoms with E-state index in [4.69, 9.17) is 32.7 Å². The Morgan fingerprint density at radius 1 is 1.02 bits per heavy atom. The molecule has 7 nitrogen and oxygen atoms in total. The molecule has 0 saturated carbocycles. The van der Waals surface area contributed by atoms with E-state index in [0.717, 1.165) is 57.3 Å². The molecule has 2 heterocycles. The largest absolute Gasteiger partial charge is 0.496 e. The summed E-state index contributed by atoms with van der Waals surface area (Å²) < 4.78 is 51.0. The molecular weight excluding hydrogens is 582 g/mol. The molecule has 2 aliphatic heterocycles. The van der Waals surface area contributed by atoms with Crippen molar-refractivity contribution in [2.75, 3.05) is 60.6 Å². The Balaban J connectivity index is 1.58. The van der Waals surface area contributed by atoms with Crippen LogP contribution in [0.1, 0.15) is 40.2 Å². The van der Waals surface area contributed by atoms with Gasteiger partial charge in [0.15, 0.2) is 0 Å². The second kappa shape index (κ2) is 13.2. The van der Waals surface area contributed by atoms with Crippen molar-refractivity contribution < 1.29 is 32.2 Å². The van der Waals surface area contributed by atoms with Gasteiger partial charge in [-0.15, -0.1) is 0 Å². The fourth-order valence-electron chi connectivity index (χ4n) is 5.73. The van der Waals surface area contributed by atoms with Crippen LogP contribution in [0.4, 0.5) is 13.2 Å². The van der Waals surface area contributed by atoms with Crippen LogP contribution in [0, 0.1) is 5.92 Å². The summed E-state index contributed by atoms with van der Waals surface area (Å²) in [5.74, 6) is -1.39. The van der Waals surface area contributed by atoms with E-state index in [-0.39, 0.29) is 35.6 Å². The highest BCUT2D eigenvalue weighted by Crippen LogP contribution is 2.39. The van der Waals surface area contributed by atoms with Crippen molar-refractivity contribution in [2.45, 2.75) is 31.0 Å². The number of benzene rings is 2. The summed E-state index contributed by atoms with van der Waals surface area (Å²) >= 11 is 12.5. The minimum Gasteiger partial charge on any atom is -0.496 e. The minimum absolute atomic E-state index is 0.0219. The third-order valence-corrected chi connectivity index (χ3v) is 8.83. The van der Waals surface area contributed by atoms with Gasteiger partial charge in [0.1, 0.15) is 5.75 Å². The molecule has 0 aromatic heterocycles. The molecule has 2 amide bonds. The number of hydrogen-bond acceptors (Lipinski definition) is 5. The molecule has 12 heteroatoms. The summed E-state index contributed by atoms with van der Waals surface area (Å²) in [6, 6.07) is 7.96. The van der Waals surface area contributed by atoms with Gasteiger partial charge >= 0.3 is 6.18 Å². The standard InChI is InChI=1S/C29H34Cl2F3N3O4/c1-35(27(38)20-5-7-26(41-3)22(14-20)29(32,33)34)25-17-37(16-21(25)19-4-6-23(30)24(31)15-19)28(39)18-8-10-36(11-9-18)12-13-40-2/h4-7,14-15,18,21,25H,8-13,16-17H2,1-3H3/t21-,25+/m1/s1. The zero-order valence-electron chi connectivity index (χ0n) is 23.2. The molecule has 0 bridgehead atoms. The van der Waals surface area contributed by atoms with Crippen LogP contribution in [-0.4, -0.2) is 93.2 Å². The zero-order chi connectivity index (χ0) is 29.9. The lowest BCUT2D eigenvalue weighted by Crippen LogP contribution is -2.44. The molecule has 4 rings (SSSR count). The summed E-state index contributed by atoms with van der Waals surface area (Å²) in [5.41, 5.74) is -0.360. The molecule has 0 aliphatic carbocycles. The van der Waals surface area contributed by atoms with Crippen molar-refractivity contribution in [2.24, 2.45) is 5.92 Å². The Morgan fingerprint density at radius 2 is 1.73 bits per heavy atom. The number of methoxy groups -OCH3 is 2. The molecule has 2 aromatic rings. The van der Waals surface area contributed by atoms with Crippen LogP contribution in [0.15, 0.2) is 36.4 Å². The van der Waals surface area contributed by atoms with Crippen molar-refractivity contribution >= 4 is 35.0 Å². The van der Waals surface area contributed by atoms with Crippen molar-refractivity contribution in [3.05, 3.63) is 63.1 Å². The number of likely N-dealkylation sites (tertiary alicyclic amines) is 2. The number of alkyl halides is 3. The van der Waals surface area contributed by atoms with Crippen LogP contribution in [0.3, 0.4) is 0 Å². The SMILES string of the molecule is COCCN1CCC(C(=O)N2C[C@H](c3ccc(Cl)c(Cl)c3)[C@@H](N(C)C(=O)c3ccc(OC)c(C(F)(F)F)c3)C2)CC1. The van der Waals surface area contributed by atoms with Crippen molar-refractivity contribution in [1.29, 1.82) is 0 Å². The molecule has 2 aliphatic rings. The quantitative estimate of drug-likeness (QED) is 0.395. The number of halogens is 5. The minimum atomic E-state index is -4.70. The number of amides is 2. The number of nitrogens with zero attached hydrogens (tertiary/aromatic N) is 3. The second-order valence-corrected chi connectivity index (χ2v) is 11.3. The number of carbonyl (C=O) groups is 2. The van der Waals surface area contributed by atoms with Crippen LogP contribution < -0.4 is 4.74 Å². The van der Waals surface area contributed by atoms with Gasteiger partial charge in [-0.1, -0.05) is 29.3 Å². The number of rotatable bonds is 8. The Hall–Kier alpha value is -2.53. The van der Waals surface area contributed by atoms with Gasteiger partial charge in [-0.2, -0.15) is 13.2 Å². The predicted octanol–water partition coefficient (Wildman–Crippen LogP) is 5.45. The maximum absolute atomic E-state index is 13.7. The van der Waals surface area contributed by atoms with E-state index in [1.165, 1.54) is 11.0 Å². The number of hydrogen-bond donors (Lipinski definition) is 0. The van der Waals surface area contributed by atoms with Crippen LogP contribution >= 0.6 is 23.2 Å². The molecule has 0 spiro atoms. The zero-order valence-corrected chi connectivity index (χ0v) is 24.7. The van der Waals surface area contributed by atoms with E-state index >= 15 is 0 Å². The normalized spacial score (nSPS) is 20.3. The van der Waals surface area contributed by atoms with Gasteiger partial charge in [0.2, 0.25) is 5.91 Å². The number of ether oxygens (including phenoxy) is 2. The summed E-state index contributed by atoms with van der Waals surface area (Å²) in [6.45, 7) is 3.64. The van der Waals surface area contributed by atoms with Crippen molar-refractivity contribution in [1.82, 2.24) is 14.7 Å². The first kappa shape index (κ1) is 31.4. The number of likely N-dealkylation sites (N-methyl/N-ethyl adjacent to an activating group) is 1. The summed E-state index contributed by atoms with van der Waals surface area (Å²) in [6.07, 6.45) is -3.25. The van der Waals surface area contributed by atoms with E-state index in [2.05, 4.69) is 4.90 Å². The highest BCUT2D eigenvalue weighted by atomic mass is 35.5. The van der Waals surface area contributed by atoms with E-state index in [1.54, 1.807) is 31.2 Å². The lowest BCUT2D eigenvalue weighted by molar-refractivity contribution is -0.139. The number of piperidine rings is 1. The molecule has 0 N–H and O–H groups in total. The first-order valence-corrected chi connectivity index (χ1v) is 14.2. The van der Waals surface area contributed by atoms with Crippen LogP contribution in [0.25, 0.3) is 0 Å². The number of carbonyl (C=O) groups excluding carboxylic acids is 2. The third-order valence-electron chi connectivity index (χ3n) is 8.09. The first-order valence-electron chi connectivity index (χ1n) is 13.4. The highest BCUT2D eigenvalue weighted by molar-refractivity contribution is 6.42. The van der Waals surface area contributed by atoms with Gasteiger partial charge in [-0.05, 0) is 61.8 Å². The van der Waals surface area contributed by atoms with Crippen LogP contribution in [0.5, 0.6) is 5.75 Å². The van der Waals surface area contributed by atoms with Gasteiger partial charge in [0.25, 0.3) is 5.91 Å². The smallest absolute Gasteiger partial charge is 0.419 e. The summed E-state index contributed by atoms with van der Waals surface area (Å²) in [7, 11) is 4.36. The predicted molar refractivity (Wildman–Crippen MR) is 151 cm³/mol. The molecule has 224 valence electrons. The Labute approximate surface area is 248 Å². The Bertz CT molecular complexity index is 1250. The third kappa shape index (κ3) is 7.10. The molecule has 2 fully saturated rings. The maximum atomic E-state index is 13.7. The fourth-order valence-corrected chi connectivity index (χ4v) is 6.04. The molecular formula is C29H34Cl2F3N3O4. The maximum Gasteiger partial charge on any atom is 0.419 e. The van der Waals surface area contributed by atoms with E-state index < -0.39 is 23.7 Å². The lowest BCUT2D eigenvalue weighted by atomic mass is 9.93. The average molecular weight is 617 g/mol. The molecule has 0 radical (unpaired) electrons. The second-order valence-electron chi connectivity index (χ2n) is 10.5. The molecule has 0 unspecified atom stereocenters. The lowest BCUT2D eigenvalue weighted by Gasteiger charge is -2.33. The van der Waals surface area contributed by atoms with Crippen LogP contribution in [-0.2, 0) is 15.7 Å². The van der Waals surface area contributed by atoms with Crippen molar-refractivity contribution in [3.8, 4) is 5.75 Å². The monoisotopic (exact) mass is 615 g/mol. The molecule has 41 heavy (non-hydrogen) atoms. The van der Waals surface area contributed by atoms with Gasteiger partial charge in [0.05, 0.1) is 35.4 Å². The molecule has 2 saturated heterocycles. The van der Waals surface area contributed by atoms with E-state index in [1.807, 2.05) is 6.07 Å². The highest BCUT2D eigenvalue weighted by Gasteiger charge is 2.43. The van der Waals surface area contributed by atoms with Gasteiger partial charge in [-0.25, -0.2) is 0 Å². The topological polar surface area (TPSA) is 62.3 Å². The Morgan fingerprint density at radius 3 is 2.34 bits per heavy atom. The van der Waals surface area contributed by atoms with Crippen LogP contribution in [0.2, 0.25) is 10.0 Å². The van der Waals surface area contributed by atoms with E-state index in [9.17, 15) is 22.8 Å². The summed E-state index contributed by atoms with van der Waals surface area (Å²) in [5, 5.41) is 0.718. The van der Waals surface area contributed by atoms with Crippen molar-refractivity contribution in [3.63, 3.8) is 0 Å². The first-order chi connectivity index (χ1) is 19.4. The molecule has 2 atom stereocenters. The van der Waals surface area contributed by atoms with Gasteiger partial charge in [0, 0.05) is 51.2 Å². The van der Waals surface area contributed by atoms with Gasteiger partial charge < -0.3 is 24.2 Å².